The molecule has 1 aromatic rings. The largest absolute Gasteiger partial charge is 0.289 e. The van der Waals surface area contributed by atoms with Crippen molar-refractivity contribution in [1.29, 1.82) is 0 Å². The molecule has 3 nitrogen and oxygen atoms in total. The zero-order valence-electron chi connectivity index (χ0n) is 6.24. The average molecular weight is 204 g/mol. The van der Waals surface area contributed by atoms with E-state index < -0.39 is 4.92 Å². The van der Waals surface area contributed by atoms with E-state index in [-0.39, 0.29) is 10.7 Å². The maximum atomic E-state index is 10.4. The van der Waals surface area contributed by atoms with Crippen LogP contribution in [0.4, 0.5) is 5.69 Å². The standard InChI is InChI=1S/C7H6ClNO2S/c1-4-2-3-5(9(10)11)6(8)7(4)12/h2-3,12H,1H3. The number of rotatable bonds is 1. The molecule has 0 atom stereocenters. The molecule has 0 aromatic heterocycles. The Morgan fingerprint density at radius 2 is 2.17 bits per heavy atom. The van der Waals surface area contributed by atoms with Gasteiger partial charge in [0.1, 0.15) is 5.02 Å². The van der Waals surface area contributed by atoms with Gasteiger partial charge in [0, 0.05) is 11.0 Å². The van der Waals surface area contributed by atoms with Crippen LogP contribution in [-0.2, 0) is 0 Å². The van der Waals surface area contributed by atoms with Crippen LogP contribution < -0.4 is 0 Å². The smallest absolute Gasteiger partial charge is 0.258 e. The third-order valence-electron chi connectivity index (χ3n) is 1.49. The molecule has 1 rings (SSSR count). The lowest BCUT2D eigenvalue weighted by Crippen LogP contribution is -1.90. The summed E-state index contributed by atoms with van der Waals surface area (Å²) in [4.78, 5) is 10.3. The molecule has 0 aliphatic heterocycles. The number of nitro benzene ring substituents is 1. The van der Waals surface area contributed by atoms with Crippen molar-refractivity contribution in [3.8, 4) is 0 Å². The van der Waals surface area contributed by atoms with Gasteiger partial charge in [-0.25, -0.2) is 0 Å². The molecule has 12 heavy (non-hydrogen) atoms. The maximum absolute atomic E-state index is 10.4. The Kier molecular flexibility index (Phi) is 2.59. The fraction of sp³-hybridized carbons (Fsp3) is 0.143. The van der Waals surface area contributed by atoms with Gasteiger partial charge in [0.25, 0.3) is 5.69 Å². The van der Waals surface area contributed by atoms with Crippen LogP contribution in [-0.4, -0.2) is 4.92 Å². The minimum atomic E-state index is -0.526. The molecule has 0 aliphatic carbocycles. The summed E-state index contributed by atoms with van der Waals surface area (Å²) in [6, 6.07) is 2.99. The van der Waals surface area contributed by atoms with Gasteiger partial charge in [-0.1, -0.05) is 17.7 Å². The minimum Gasteiger partial charge on any atom is -0.258 e. The topological polar surface area (TPSA) is 43.1 Å². The Hall–Kier alpha value is -0.740. The predicted molar refractivity (Wildman–Crippen MR) is 50.1 cm³/mol. The zero-order valence-corrected chi connectivity index (χ0v) is 7.89. The predicted octanol–water partition coefficient (Wildman–Crippen LogP) is 2.85. The molecule has 0 bridgehead atoms. The lowest BCUT2D eigenvalue weighted by Gasteiger charge is -2.01. The van der Waals surface area contributed by atoms with E-state index in [1.165, 1.54) is 6.07 Å². The van der Waals surface area contributed by atoms with Gasteiger partial charge in [-0.2, -0.15) is 0 Å². The van der Waals surface area contributed by atoms with E-state index >= 15 is 0 Å². The molecule has 0 aliphatic rings. The highest BCUT2D eigenvalue weighted by atomic mass is 35.5. The van der Waals surface area contributed by atoms with Crippen molar-refractivity contribution in [2.45, 2.75) is 11.8 Å². The van der Waals surface area contributed by atoms with E-state index in [9.17, 15) is 10.1 Å². The third-order valence-corrected chi connectivity index (χ3v) is 2.58. The molecule has 0 radical (unpaired) electrons. The number of benzene rings is 1. The maximum Gasteiger partial charge on any atom is 0.289 e. The van der Waals surface area contributed by atoms with Crippen molar-refractivity contribution in [2.75, 3.05) is 0 Å². The first kappa shape index (κ1) is 9.35. The van der Waals surface area contributed by atoms with Crippen molar-refractivity contribution < 1.29 is 4.92 Å². The lowest BCUT2D eigenvalue weighted by molar-refractivity contribution is -0.384. The van der Waals surface area contributed by atoms with Gasteiger partial charge in [-0.05, 0) is 12.5 Å². The second-order valence-electron chi connectivity index (χ2n) is 2.32. The number of halogens is 1. The number of hydrogen-bond acceptors (Lipinski definition) is 3. The van der Waals surface area contributed by atoms with Crippen LogP contribution in [0.5, 0.6) is 0 Å². The Labute approximate surface area is 79.9 Å². The summed E-state index contributed by atoms with van der Waals surface area (Å²) >= 11 is 9.71. The minimum absolute atomic E-state index is 0.100. The molecule has 0 fully saturated rings. The molecule has 5 heteroatoms. The van der Waals surface area contributed by atoms with E-state index in [1.54, 1.807) is 13.0 Å². The summed E-state index contributed by atoms with van der Waals surface area (Å²) in [5, 5.41) is 10.5. The monoisotopic (exact) mass is 203 g/mol. The van der Waals surface area contributed by atoms with E-state index in [2.05, 4.69) is 12.6 Å². The zero-order chi connectivity index (χ0) is 9.30. The highest BCUT2D eigenvalue weighted by Gasteiger charge is 2.14. The number of nitrogens with zero attached hydrogens (tertiary/aromatic N) is 1. The summed E-state index contributed by atoms with van der Waals surface area (Å²) < 4.78 is 0. The van der Waals surface area contributed by atoms with Gasteiger partial charge in [0.15, 0.2) is 0 Å². The van der Waals surface area contributed by atoms with Crippen LogP contribution in [0.15, 0.2) is 17.0 Å². The van der Waals surface area contributed by atoms with Gasteiger partial charge in [-0.3, -0.25) is 10.1 Å². The van der Waals surface area contributed by atoms with Gasteiger partial charge >= 0.3 is 0 Å². The highest BCUT2D eigenvalue weighted by molar-refractivity contribution is 7.80. The number of nitro groups is 1. The van der Waals surface area contributed by atoms with E-state index in [0.29, 0.717) is 4.90 Å². The molecule has 0 spiro atoms. The summed E-state index contributed by atoms with van der Waals surface area (Å²) in [5.41, 5.74) is 0.723. The first-order valence-corrected chi connectivity index (χ1v) is 3.99. The second-order valence-corrected chi connectivity index (χ2v) is 3.15. The molecule has 64 valence electrons. The quantitative estimate of drug-likeness (QED) is 0.433. The first-order chi connectivity index (χ1) is 5.54. The normalized spacial score (nSPS) is 9.92. The molecule has 0 saturated heterocycles. The fourth-order valence-electron chi connectivity index (χ4n) is 0.791. The van der Waals surface area contributed by atoms with Gasteiger partial charge in [-0.15, -0.1) is 12.6 Å². The first-order valence-electron chi connectivity index (χ1n) is 3.16. The fourth-order valence-corrected chi connectivity index (χ4v) is 1.26. The van der Waals surface area contributed by atoms with E-state index in [4.69, 9.17) is 11.6 Å². The summed E-state index contributed by atoms with van der Waals surface area (Å²) in [6.45, 7) is 1.79. The van der Waals surface area contributed by atoms with Crippen LogP contribution in [0.25, 0.3) is 0 Å². The molecular formula is C7H6ClNO2S. The van der Waals surface area contributed by atoms with Crippen molar-refractivity contribution in [3.05, 3.63) is 32.8 Å². The van der Waals surface area contributed by atoms with Crippen molar-refractivity contribution in [3.63, 3.8) is 0 Å². The Bertz CT molecular complexity index is 340. The summed E-state index contributed by atoms with van der Waals surface area (Å²) in [6.07, 6.45) is 0. The third kappa shape index (κ3) is 1.54. The van der Waals surface area contributed by atoms with Gasteiger partial charge in [0.05, 0.1) is 4.92 Å². The Morgan fingerprint density at radius 3 is 2.67 bits per heavy atom. The van der Waals surface area contributed by atoms with Crippen molar-refractivity contribution in [1.82, 2.24) is 0 Å². The molecular weight excluding hydrogens is 198 g/mol. The van der Waals surface area contributed by atoms with Crippen molar-refractivity contribution >= 4 is 29.9 Å². The van der Waals surface area contributed by atoms with Crippen LogP contribution in [0.1, 0.15) is 5.56 Å². The lowest BCUT2D eigenvalue weighted by atomic mass is 10.2. The van der Waals surface area contributed by atoms with Crippen LogP contribution in [0.2, 0.25) is 5.02 Å². The number of hydrogen-bond donors (Lipinski definition) is 1. The van der Waals surface area contributed by atoms with Crippen LogP contribution in [0.3, 0.4) is 0 Å². The molecule has 0 N–H and O–H groups in total. The Morgan fingerprint density at radius 1 is 1.58 bits per heavy atom. The molecule has 0 amide bonds. The molecule has 0 heterocycles. The molecule has 1 aromatic carbocycles. The molecule has 0 saturated carbocycles. The van der Waals surface area contributed by atoms with E-state index in [0.717, 1.165) is 5.56 Å². The van der Waals surface area contributed by atoms with Crippen LogP contribution in [0, 0.1) is 17.0 Å². The summed E-state index contributed by atoms with van der Waals surface area (Å²) in [5.74, 6) is 0. The van der Waals surface area contributed by atoms with Gasteiger partial charge in [0.2, 0.25) is 0 Å². The SMILES string of the molecule is Cc1ccc([N+](=O)[O-])c(Cl)c1S. The van der Waals surface area contributed by atoms with Gasteiger partial charge < -0.3 is 0 Å². The van der Waals surface area contributed by atoms with Crippen molar-refractivity contribution in [2.24, 2.45) is 0 Å². The number of thiol groups is 1. The Balaban J connectivity index is 3.36. The second kappa shape index (κ2) is 3.33. The van der Waals surface area contributed by atoms with E-state index in [1.807, 2.05) is 0 Å². The highest BCUT2D eigenvalue weighted by Crippen LogP contribution is 2.32. The molecule has 0 unspecified atom stereocenters. The number of aryl methyl sites for hydroxylation is 1. The van der Waals surface area contributed by atoms with Crippen LogP contribution >= 0.6 is 24.2 Å². The summed E-state index contributed by atoms with van der Waals surface area (Å²) in [7, 11) is 0. The average Bonchev–Trinajstić information content (AvgIpc) is 2.00.